The predicted octanol–water partition coefficient (Wildman–Crippen LogP) is 1.90. The van der Waals surface area contributed by atoms with E-state index in [-0.39, 0.29) is 4.90 Å². The van der Waals surface area contributed by atoms with E-state index in [0.717, 1.165) is 16.8 Å². The molecule has 0 aliphatic carbocycles. The highest BCUT2D eigenvalue weighted by Crippen LogP contribution is 2.32. The molecule has 1 aliphatic rings. The smallest absolute Gasteiger partial charge is 0.276 e. The van der Waals surface area contributed by atoms with Crippen molar-refractivity contribution in [3.63, 3.8) is 0 Å². The quantitative estimate of drug-likeness (QED) is 0.801. The molecule has 2 aromatic carbocycles. The molecule has 22 heavy (non-hydrogen) atoms. The first kappa shape index (κ1) is 13.1. The van der Waals surface area contributed by atoms with Gasteiger partial charge in [-0.25, -0.2) is 0 Å². The molecule has 7 heteroatoms. The number of hydrogen-bond donors (Lipinski definition) is 1. The van der Waals surface area contributed by atoms with Crippen LogP contribution in [0.4, 0.5) is 0 Å². The lowest BCUT2D eigenvalue weighted by atomic mass is 10.1. The molecule has 1 aliphatic heterocycles. The Balaban J connectivity index is 1.82. The second-order valence-electron chi connectivity index (χ2n) is 5.02. The van der Waals surface area contributed by atoms with Crippen LogP contribution < -0.4 is 9.57 Å². The van der Waals surface area contributed by atoms with Crippen molar-refractivity contribution in [3.8, 4) is 5.75 Å². The molecule has 0 saturated carbocycles. The molecule has 0 saturated heterocycles. The molecule has 3 aromatic rings. The summed E-state index contributed by atoms with van der Waals surface area (Å²) in [5, 5.41) is 5.21. The summed E-state index contributed by atoms with van der Waals surface area (Å²) in [6.45, 7) is 0.505. The molecular weight excluding hydrogens is 302 g/mol. The Morgan fingerprint density at radius 3 is 2.73 bits per heavy atom. The molecule has 0 spiro atoms. The van der Waals surface area contributed by atoms with E-state index in [1.165, 1.54) is 4.79 Å². The van der Waals surface area contributed by atoms with Crippen molar-refractivity contribution in [2.24, 2.45) is 0 Å². The summed E-state index contributed by atoms with van der Waals surface area (Å²) >= 11 is 0. The Morgan fingerprint density at radius 1 is 1.09 bits per heavy atom. The van der Waals surface area contributed by atoms with Gasteiger partial charge in [0.05, 0.1) is 28.1 Å². The van der Waals surface area contributed by atoms with Gasteiger partial charge in [-0.2, -0.15) is 23.1 Å². The molecule has 2 heterocycles. The number of rotatable bonds is 3. The van der Waals surface area contributed by atoms with Crippen LogP contribution in [0.5, 0.6) is 5.75 Å². The third kappa shape index (κ3) is 2.01. The van der Waals surface area contributed by atoms with E-state index >= 15 is 0 Å². The largest absolute Gasteiger partial charge is 0.492 e. The average Bonchev–Trinajstić information content (AvgIpc) is 2.88. The van der Waals surface area contributed by atoms with Gasteiger partial charge < -0.3 is 4.74 Å². The minimum atomic E-state index is -3.67. The lowest BCUT2D eigenvalue weighted by molar-refractivity contribution is 0.314. The number of aromatic nitrogens is 2. The first-order valence-electron chi connectivity index (χ1n) is 6.86. The first-order valence-corrected chi connectivity index (χ1v) is 8.35. The van der Waals surface area contributed by atoms with Gasteiger partial charge >= 0.3 is 0 Å². The van der Waals surface area contributed by atoms with Gasteiger partial charge in [0.2, 0.25) is 0 Å². The van der Waals surface area contributed by atoms with Gasteiger partial charge in [-0.15, -0.1) is 0 Å². The Labute approximate surface area is 127 Å². The molecule has 0 unspecified atom stereocenters. The highest BCUT2D eigenvalue weighted by atomic mass is 32.2. The standard InChI is InChI=1S/C15H13N3O3S/c19-22(20,11-5-2-1-3-6-11)17-18-13-9-10-21-14-8-4-7-12(16-18)15(13)14/h1-8,17H,9-10H2. The first-order chi connectivity index (χ1) is 10.6. The van der Waals surface area contributed by atoms with Crippen molar-refractivity contribution in [1.29, 1.82) is 0 Å². The topological polar surface area (TPSA) is 73.2 Å². The molecule has 0 atom stereocenters. The maximum absolute atomic E-state index is 12.4. The zero-order valence-corrected chi connectivity index (χ0v) is 12.4. The molecule has 1 N–H and O–H groups in total. The molecule has 0 radical (unpaired) electrons. The normalized spacial score (nSPS) is 13.8. The highest BCUT2D eigenvalue weighted by Gasteiger charge is 2.23. The van der Waals surface area contributed by atoms with Crippen LogP contribution in [-0.4, -0.2) is 24.9 Å². The Hall–Kier alpha value is -2.54. The van der Waals surface area contributed by atoms with Crippen molar-refractivity contribution >= 4 is 20.9 Å². The zero-order chi connectivity index (χ0) is 15.2. The summed E-state index contributed by atoms with van der Waals surface area (Å²) in [5.41, 5.74) is 1.53. The maximum atomic E-state index is 12.4. The molecular formula is C15H13N3O3S. The minimum absolute atomic E-state index is 0.203. The van der Waals surface area contributed by atoms with Gasteiger partial charge in [0.15, 0.2) is 0 Å². The van der Waals surface area contributed by atoms with Crippen LogP contribution in [0.25, 0.3) is 10.9 Å². The number of ether oxygens (including phenoxy) is 1. The van der Waals surface area contributed by atoms with Crippen LogP contribution >= 0.6 is 0 Å². The molecule has 0 bridgehead atoms. The van der Waals surface area contributed by atoms with E-state index in [1.54, 1.807) is 30.3 Å². The Morgan fingerprint density at radius 2 is 1.91 bits per heavy atom. The number of nitrogens with one attached hydrogen (secondary N) is 1. The van der Waals surface area contributed by atoms with E-state index in [2.05, 4.69) is 9.93 Å². The Kier molecular flexibility index (Phi) is 2.83. The second kappa shape index (κ2) is 4.74. The fraction of sp³-hybridized carbons (Fsp3) is 0.133. The highest BCUT2D eigenvalue weighted by molar-refractivity contribution is 7.92. The van der Waals surface area contributed by atoms with Gasteiger partial charge in [-0.3, -0.25) is 0 Å². The lowest BCUT2D eigenvalue weighted by Gasteiger charge is -2.16. The van der Waals surface area contributed by atoms with Crippen LogP contribution in [0.3, 0.4) is 0 Å². The molecule has 4 rings (SSSR count). The fourth-order valence-electron chi connectivity index (χ4n) is 2.62. The third-order valence-electron chi connectivity index (χ3n) is 3.61. The third-order valence-corrected chi connectivity index (χ3v) is 4.92. The van der Waals surface area contributed by atoms with E-state index in [1.807, 2.05) is 18.2 Å². The SMILES string of the molecule is O=S(=O)(Nn1nc2cccc3c2c1CCO3)c1ccccc1. The predicted molar refractivity (Wildman–Crippen MR) is 81.9 cm³/mol. The van der Waals surface area contributed by atoms with Crippen molar-refractivity contribution in [1.82, 2.24) is 9.89 Å². The van der Waals surface area contributed by atoms with E-state index in [0.29, 0.717) is 18.5 Å². The maximum Gasteiger partial charge on any atom is 0.276 e. The zero-order valence-electron chi connectivity index (χ0n) is 11.6. The lowest BCUT2D eigenvalue weighted by Crippen LogP contribution is -2.27. The number of sulfonamides is 1. The van der Waals surface area contributed by atoms with Crippen LogP contribution in [-0.2, 0) is 16.4 Å². The van der Waals surface area contributed by atoms with Crippen LogP contribution in [0.1, 0.15) is 5.69 Å². The van der Waals surface area contributed by atoms with E-state index < -0.39 is 10.0 Å². The molecule has 0 fully saturated rings. The second-order valence-corrected chi connectivity index (χ2v) is 6.68. The van der Waals surface area contributed by atoms with Gasteiger partial charge in [-0.1, -0.05) is 24.3 Å². The van der Waals surface area contributed by atoms with Crippen LogP contribution in [0.2, 0.25) is 0 Å². The van der Waals surface area contributed by atoms with Crippen molar-refractivity contribution in [2.45, 2.75) is 11.3 Å². The Bertz CT molecular complexity index is 949. The molecule has 1 aromatic heterocycles. The number of benzene rings is 2. The average molecular weight is 315 g/mol. The molecule has 0 amide bonds. The monoisotopic (exact) mass is 315 g/mol. The van der Waals surface area contributed by atoms with Gasteiger partial charge in [0.25, 0.3) is 10.0 Å². The summed E-state index contributed by atoms with van der Waals surface area (Å²) in [7, 11) is -3.67. The van der Waals surface area contributed by atoms with E-state index in [9.17, 15) is 8.42 Å². The summed E-state index contributed by atoms with van der Waals surface area (Å²) in [4.78, 5) is 4.08. The van der Waals surface area contributed by atoms with Crippen LogP contribution in [0.15, 0.2) is 53.4 Å². The van der Waals surface area contributed by atoms with Gasteiger partial charge in [-0.05, 0) is 24.3 Å². The molecule has 6 nitrogen and oxygen atoms in total. The summed E-state index contributed by atoms with van der Waals surface area (Å²) in [6.07, 6.45) is 0.602. The van der Waals surface area contributed by atoms with Crippen molar-refractivity contribution in [3.05, 3.63) is 54.2 Å². The van der Waals surface area contributed by atoms with Gasteiger partial charge in [0, 0.05) is 6.42 Å². The van der Waals surface area contributed by atoms with Gasteiger partial charge in [0.1, 0.15) is 5.75 Å². The fourth-order valence-corrected chi connectivity index (χ4v) is 3.62. The van der Waals surface area contributed by atoms with Crippen LogP contribution in [0, 0.1) is 0 Å². The summed E-state index contributed by atoms with van der Waals surface area (Å²) < 4.78 is 30.5. The summed E-state index contributed by atoms with van der Waals surface area (Å²) in [5.74, 6) is 0.740. The minimum Gasteiger partial charge on any atom is -0.492 e. The molecule has 112 valence electrons. The number of nitrogens with zero attached hydrogens (tertiary/aromatic N) is 2. The van der Waals surface area contributed by atoms with Crippen molar-refractivity contribution in [2.75, 3.05) is 11.4 Å². The van der Waals surface area contributed by atoms with Crippen molar-refractivity contribution < 1.29 is 13.2 Å². The number of hydrogen-bond acceptors (Lipinski definition) is 4. The van der Waals surface area contributed by atoms with E-state index in [4.69, 9.17) is 4.74 Å². The summed E-state index contributed by atoms with van der Waals surface area (Å²) in [6, 6.07) is 13.8.